The van der Waals surface area contributed by atoms with Crippen LogP contribution in [0.1, 0.15) is 52.0 Å². The normalized spacial score (nSPS) is 10.9. The van der Waals surface area contributed by atoms with E-state index in [0.29, 0.717) is 6.04 Å². The molecule has 0 spiro atoms. The van der Waals surface area contributed by atoms with E-state index in [9.17, 15) is 0 Å². The van der Waals surface area contributed by atoms with E-state index in [1.165, 1.54) is 24.8 Å². The number of para-hydroxylation sites is 1. The summed E-state index contributed by atoms with van der Waals surface area (Å²) in [6, 6.07) is 8.95. The largest absolute Gasteiger partial charge is 0.493 e. The van der Waals surface area contributed by atoms with Crippen molar-refractivity contribution >= 4 is 0 Å². The van der Waals surface area contributed by atoms with E-state index in [1.807, 2.05) is 6.07 Å². The van der Waals surface area contributed by atoms with Crippen LogP contribution in [-0.4, -0.2) is 19.2 Å². The molecule has 0 atom stereocenters. The Labute approximate surface area is 118 Å². The average Bonchev–Trinajstić information content (AvgIpc) is 2.42. The van der Waals surface area contributed by atoms with Gasteiger partial charge >= 0.3 is 0 Å². The number of unbranched alkanes of at least 4 members (excludes halogenated alkanes) is 3. The summed E-state index contributed by atoms with van der Waals surface area (Å²) >= 11 is 0. The first-order valence-corrected chi connectivity index (χ1v) is 7.68. The number of nitrogens with one attached hydrogen (secondary N) is 1. The second kappa shape index (κ2) is 9.85. The molecule has 0 bridgehead atoms. The van der Waals surface area contributed by atoms with Gasteiger partial charge in [0.2, 0.25) is 0 Å². The van der Waals surface area contributed by atoms with Gasteiger partial charge in [0.15, 0.2) is 0 Å². The van der Waals surface area contributed by atoms with Crippen molar-refractivity contribution in [2.45, 2.75) is 58.9 Å². The maximum atomic E-state index is 5.86. The summed E-state index contributed by atoms with van der Waals surface area (Å²) in [5.74, 6) is 1.06. The lowest BCUT2D eigenvalue weighted by atomic mass is 10.1. The third kappa shape index (κ3) is 7.22. The standard InChI is InChI=1S/C17H29NO/c1-4-16-11-7-8-12-17(16)19-14-10-6-5-9-13-18-15(2)3/h7-8,11-12,15,18H,4-6,9-10,13-14H2,1-3H3. The fourth-order valence-electron chi connectivity index (χ4n) is 2.09. The topological polar surface area (TPSA) is 21.3 Å². The number of hydrogen-bond donors (Lipinski definition) is 1. The third-order valence-corrected chi connectivity index (χ3v) is 3.23. The Hall–Kier alpha value is -1.02. The van der Waals surface area contributed by atoms with E-state index in [1.54, 1.807) is 0 Å². The highest BCUT2D eigenvalue weighted by molar-refractivity contribution is 5.33. The van der Waals surface area contributed by atoms with Gasteiger partial charge in [-0.05, 0) is 37.4 Å². The first-order valence-electron chi connectivity index (χ1n) is 7.68. The zero-order valence-corrected chi connectivity index (χ0v) is 12.7. The van der Waals surface area contributed by atoms with Gasteiger partial charge in [-0.25, -0.2) is 0 Å². The number of benzene rings is 1. The summed E-state index contributed by atoms with van der Waals surface area (Å²) in [4.78, 5) is 0. The van der Waals surface area contributed by atoms with Crippen LogP contribution in [0.25, 0.3) is 0 Å². The molecule has 0 radical (unpaired) electrons. The van der Waals surface area contributed by atoms with Gasteiger partial charge < -0.3 is 10.1 Å². The molecule has 0 unspecified atom stereocenters. The van der Waals surface area contributed by atoms with E-state index in [0.717, 1.165) is 31.7 Å². The Morgan fingerprint density at radius 2 is 1.79 bits per heavy atom. The highest BCUT2D eigenvalue weighted by atomic mass is 16.5. The molecule has 0 saturated heterocycles. The molecule has 0 amide bonds. The third-order valence-electron chi connectivity index (χ3n) is 3.23. The zero-order valence-electron chi connectivity index (χ0n) is 12.7. The van der Waals surface area contributed by atoms with Crippen LogP contribution in [0.3, 0.4) is 0 Å². The van der Waals surface area contributed by atoms with Gasteiger partial charge in [0.25, 0.3) is 0 Å². The Morgan fingerprint density at radius 1 is 1.05 bits per heavy atom. The second-order valence-corrected chi connectivity index (χ2v) is 5.33. The summed E-state index contributed by atoms with van der Waals surface area (Å²) < 4.78 is 5.86. The monoisotopic (exact) mass is 263 g/mol. The molecule has 0 fully saturated rings. The Morgan fingerprint density at radius 3 is 2.53 bits per heavy atom. The average molecular weight is 263 g/mol. The summed E-state index contributed by atoms with van der Waals surface area (Å²) in [7, 11) is 0. The second-order valence-electron chi connectivity index (χ2n) is 5.33. The van der Waals surface area contributed by atoms with Gasteiger partial charge in [-0.15, -0.1) is 0 Å². The lowest BCUT2D eigenvalue weighted by Crippen LogP contribution is -2.23. The minimum Gasteiger partial charge on any atom is -0.493 e. The van der Waals surface area contributed by atoms with E-state index in [-0.39, 0.29) is 0 Å². The van der Waals surface area contributed by atoms with E-state index < -0.39 is 0 Å². The summed E-state index contributed by atoms with van der Waals surface area (Å²) in [6.45, 7) is 8.54. The van der Waals surface area contributed by atoms with Crippen molar-refractivity contribution < 1.29 is 4.74 Å². The number of rotatable bonds is 10. The van der Waals surface area contributed by atoms with Gasteiger partial charge in [0, 0.05) is 6.04 Å². The maximum absolute atomic E-state index is 5.86. The van der Waals surface area contributed by atoms with Crippen LogP contribution in [-0.2, 0) is 6.42 Å². The van der Waals surface area contributed by atoms with Gasteiger partial charge in [0.1, 0.15) is 5.75 Å². The molecule has 0 aliphatic carbocycles. The van der Waals surface area contributed by atoms with E-state index in [4.69, 9.17) is 4.74 Å². The molecule has 2 nitrogen and oxygen atoms in total. The lowest BCUT2D eigenvalue weighted by Gasteiger charge is -2.10. The summed E-state index contributed by atoms with van der Waals surface area (Å²) in [5.41, 5.74) is 1.31. The van der Waals surface area contributed by atoms with E-state index in [2.05, 4.69) is 44.3 Å². The molecule has 19 heavy (non-hydrogen) atoms. The molecule has 0 aromatic heterocycles. The maximum Gasteiger partial charge on any atom is 0.122 e. The molecular weight excluding hydrogens is 234 g/mol. The van der Waals surface area contributed by atoms with Crippen LogP contribution in [0, 0.1) is 0 Å². The lowest BCUT2D eigenvalue weighted by molar-refractivity contribution is 0.301. The van der Waals surface area contributed by atoms with Crippen LogP contribution >= 0.6 is 0 Å². The van der Waals surface area contributed by atoms with Crippen molar-refractivity contribution in [2.24, 2.45) is 0 Å². The molecule has 108 valence electrons. The molecule has 1 aromatic carbocycles. The molecular formula is C17H29NO. The smallest absolute Gasteiger partial charge is 0.122 e. The minimum atomic E-state index is 0.605. The van der Waals surface area contributed by atoms with Crippen molar-refractivity contribution in [3.63, 3.8) is 0 Å². The Balaban J connectivity index is 2.04. The molecule has 1 rings (SSSR count). The highest BCUT2D eigenvalue weighted by Crippen LogP contribution is 2.18. The molecule has 2 heteroatoms. The van der Waals surface area contributed by atoms with Crippen molar-refractivity contribution in [2.75, 3.05) is 13.2 Å². The number of ether oxygens (including phenoxy) is 1. The Bertz CT molecular complexity index is 336. The minimum absolute atomic E-state index is 0.605. The predicted octanol–water partition coefficient (Wildman–Crippen LogP) is 4.19. The van der Waals surface area contributed by atoms with Crippen molar-refractivity contribution in [3.05, 3.63) is 29.8 Å². The van der Waals surface area contributed by atoms with Gasteiger partial charge in [-0.3, -0.25) is 0 Å². The molecule has 0 aliphatic heterocycles. The number of hydrogen-bond acceptors (Lipinski definition) is 2. The first-order chi connectivity index (χ1) is 9.24. The highest BCUT2D eigenvalue weighted by Gasteiger charge is 2.00. The van der Waals surface area contributed by atoms with Crippen LogP contribution < -0.4 is 10.1 Å². The molecule has 0 saturated carbocycles. The SMILES string of the molecule is CCc1ccccc1OCCCCCCNC(C)C. The van der Waals surface area contributed by atoms with Crippen LogP contribution in [0.4, 0.5) is 0 Å². The quantitative estimate of drug-likeness (QED) is 0.639. The van der Waals surface area contributed by atoms with Crippen molar-refractivity contribution in [1.29, 1.82) is 0 Å². The molecule has 0 aliphatic rings. The zero-order chi connectivity index (χ0) is 13.9. The first kappa shape index (κ1) is 16.0. The van der Waals surface area contributed by atoms with Gasteiger partial charge in [0.05, 0.1) is 6.61 Å². The predicted molar refractivity (Wildman–Crippen MR) is 82.9 cm³/mol. The van der Waals surface area contributed by atoms with Gasteiger partial charge in [-0.2, -0.15) is 0 Å². The molecule has 1 N–H and O–H groups in total. The van der Waals surface area contributed by atoms with Crippen LogP contribution in [0.5, 0.6) is 5.75 Å². The Kier molecular flexibility index (Phi) is 8.31. The van der Waals surface area contributed by atoms with Crippen molar-refractivity contribution in [3.8, 4) is 5.75 Å². The summed E-state index contributed by atoms with van der Waals surface area (Å²) in [6.07, 6.45) is 6.01. The fraction of sp³-hybridized carbons (Fsp3) is 0.647. The van der Waals surface area contributed by atoms with E-state index >= 15 is 0 Å². The van der Waals surface area contributed by atoms with Crippen LogP contribution in [0.2, 0.25) is 0 Å². The van der Waals surface area contributed by atoms with Gasteiger partial charge in [-0.1, -0.05) is 51.8 Å². The molecule has 0 heterocycles. The number of aryl methyl sites for hydroxylation is 1. The fourth-order valence-corrected chi connectivity index (χ4v) is 2.09. The summed E-state index contributed by atoms with van der Waals surface area (Å²) in [5, 5.41) is 3.45. The van der Waals surface area contributed by atoms with Crippen LogP contribution in [0.15, 0.2) is 24.3 Å². The van der Waals surface area contributed by atoms with Crippen molar-refractivity contribution in [1.82, 2.24) is 5.32 Å². The molecule has 1 aromatic rings.